The molecule has 0 fully saturated rings. The molecule has 1 aromatic rings. The molecule has 0 unspecified atom stereocenters. The van der Waals surface area contributed by atoms with Gasteiger partial charge in [-0.05, 0) is 44.0 Å². The number of carboxylic acids is 1. The smallest absolute Gasteiger partial charge is 0.328 e. The molecule has 0 spiro atoms. The summed E-state index contributed by atoms with van der Waals surface area (Å²) in [6, 6.07) is 3.77. The van der Waals surface area contributed by atoms with Crippen molar-refractivity contribution >= 4 is 17.9 Å². The van der Waals surface area contributed by atoms with E-state index in [0.717, 1.165) is 23.9 Å². The third-order valence-electron chi connectivity index (χ3n) is 3.31. The predicted octanol–water partition coefficient (Wildman–Crippen LogP) is 2.80. The van der Waals surface area contributed by atoms with Crippen molar-refractivity contribution in [1.29, 1.82) is 0 Å². The second-order valence-electron chi connectivity index (χ2n) is 4.85. The number of pyridine rings is 1. The Morgan fingerprint density at radius 3 is 2.61 bits per heavy atom. The van der Waals surface area contributed by atoms with Gasteiger partial charge in [-0.25, -0.2) is 9.78 Å². The predicted molar refractivity (Wildman–Crippen MR) is 73.7 cm³/mol. The molecule has 4 heteroatoms. The summed E-state index contributed by atoms with van der Waals surface area (Å²) in [5.74, 6) is -0.0716. The molecule has 0 aromatic carbocycles. The Kier molecular flexibility index (Phi) is 4.48. The fourth-order valence-corrected chi connectivity index (χ4v) is 1.41. The second-order valence-corrected chi connectivity index (χ2v) is 4.85. The lowest BCUT2D eigenvalue weighted by Gasteiger charge is -2.35. The van der Waals surface area contributed by atoms with Gasteiger partial charge in [-0.15, -0.1) is 0 Å². The van der Waals surface area contributed by atoms with E-state index in [2.05, 4.69) is 30.7 Å². The highest BCUT2D eigenvalue weighted by Gasteiger charge is 2.21. The van der Waals surface area contributed by atoms with Gasteiger partial charge < -0.3 is 10.0 Å². The Bertz CT molecular complexity index is 436. The summed E-state index contributed by atoms with van der Waals surface area (Å²) < 4.78 is 0. The van der Waals surface area contributed by atoms with Gasteiger partial charge in [0.15, 0.2) is 0 Å². The maximum absolute atomic E-state index is 10.4. The molecule has 0 bridgehead atoms. The summed E-state index contributed by atoms with van der Waals surface area (Å²) in [5.41, 5.74) is 0.828. The van der Waals surface area contributed by atoms with Gasteiger partial charge in [0.05, 0.1) is 0 Å². The highest BCUT2D eigenvalue weighted by atomic mass is 16.4. The third-order valence-corrected chi connectivity index (χ3v) is 3.31. The summed E-state index contributed by atoms with van der Waals surface area (Å²) >= 11 is 0. The molecule has 1 heterocycles. The van der Waals surface area contributed by atoms with E-state index in [1.54, 1.807) is 6.20 Å². The maximum atomic E-state index is 10.4. The van der Waals surface area contributed by atoms with Crippen LogP contribution < -0.4 is 4.90 Å². The molecule has 18 heavy (non-hydrogen) atoms. The fourth-order valence-electron chi connectivity index (χ4n) is 1.41. The number of anilines is 1. The van der Waals surface area contributed by atoms with Crippen LogP contribution in [0.15, 0.2) is 24.4 Å². The fraction of sp³-hybridized carbons (Fsp3) is 0.429. The van der Waals surface area contributed by atoms with E-state index >= 15 is 0 Å². The molecule has 1 aromatic heterocycles. The summed E-state index contributed by atoms with van der Waals surface area (Å²) in [5, 5.41) is 8.54. The van der Waals surface area contributed by atoms with Crippen LogP contribution in [0.2, 0.25) is 0 Å². The first-order valence-electron chi connectivity index (χ1n) is 5.97. The number of carboxylic acid groups (broad SMARTS) is 1. The van der Waals surface area contributed by atoms with Crippen molar-refractivity contribution in [2.45, 2.75) is 32.7 Å². The van der Waals surface area contributed by atoms with Crippen LogP contribution in [0.1, 0.15) is 32.8 Å². The zero-order valence-electron chi connectivity index (χ0n) is 11.3. The van der Waals surface area contributed by atoms with E-state index in [0.29, 0.717) is 0 Å². The molecule has 98 valence electrons. The average molecular weight is 248 g/mol. The monoisotopic (exact) mass is 248 g/mol. The summed E-state index contributed by atoms with van der Waals surface area (Å²) in [7, 11) is 2.01. The lowest BCUT2D eigenvalue weighted by Crippen LogP contribution is -2.40. The Hall–Kier alpha value is -1.84. The van der Waals surface area contributed by atoms with Gasteiger partial charge in [-0.3, -0.25) is 0 Å². The van der Waals surface area contributed by atoms with E-state index in [1.807, 2.05) is 19.2 Å². The van der Waals surface area contributed by atoms with Crippen LogP contribution in [0.5, 0.6) is 0 Å². The second kappa shape index (κ2) is 5.67. The first-order chi connectivity index (χ1) is 8.36. The lowest BCUT2D eigenvalue weighted by atomic mass is 10.00. The number of aliphatic carboxylic acids is 1. The molecule has 1 rings (SSSR count). The minimum Gasteiger partial charge on any atom is -0.478 e. The number of hydrogen-bond acceptors (Lipinski definition) is 3. The van der Waals surface area contributed by atoms with E-state index < -0.39 is 5.97 Å². The standard InChI is InChI=1S/C14H20N2O2/c1-5-14(2,3)16(4)12-8-6-11(10-15-12)7-9-13(17)18/h6-10H,5H2,1-4H3,(H,17,18)/b9-7+. The molecule has 1 N–H and O–H groups in total. The van der Waals surface area contributed by atoms with Gasteiger partial charge in [-0.2, -0.15) is 0 Å². The van der Waals surface area contributed by atoms with E-state index in [-0.39, 0.29) is 5.54 Å². The van der Waals surface area contributed by atoms with Crippen LogP contribution in [0.3, 0.4) is 0 Å². The highest BCUT2D eigenvalue weighted by Crippen LogP contribution is 2.22. The van der Waals surface area contributed by atoms with E-state index in [9.17, 15) is 4.79 Å². The van der Waals surface area contributed by atoms with Gasteiger partial charge in [0.2, 0.25) is 0 Å². The minimum atomic E-state index is -0.955. The van der Waals surface area contributed by atoms with Crippen molar-refractivity contribution < 1.29 is 9.90 Å². The van der Waals surface area contributed by atoms with E-state index in [1.165, 1.54) is 6.08 Å². The van der Waals surface area contributed by atoms with Gasteiger partial charge >= 0.3 is 5.97 Å². The first kappa shape index (κ1) is 14.2. The van der Waals surface area contributed by atoms with Gasteiger partial charge in [0.1, 0.15) is 5.82 Å². The molecule has 4 nitrogen and oxygen atoms in total. The van der Waals surface area contributed by atoms with Gasteiger partial charge in [-0.1, -0.05) is 6.92 Å². The van der Waals surface area contributed by atoms with Crippen molar-refractivity contribution in [3.05, 3.63) is 30.0 Å². The zero-order chi connectivity index (χ0) is 13.8. The Morgan fingerprint density at radius 2 is 2.17 bits per heavy atom. The SMILES string of the molecule is CCC(C)(C)N(C)c1ccc(/C=C/C(=O)O)cn1. The maximum Gasteiger partial charge on any atom is 0.328 e. The quantitative estimate of drug-likeness (QED) is 0.814. The summed E-state index contributed by atoms with van der Waals surface area (Å²) in [6.45, 7) is 6.46. The molecule has 0 saturated heterocycles. The molecule has 0 amide bonds. The lowest BCUT2D eigenvalue weighted by molar-refractivity contribution is -0.131. The third kappa shape index (κ3) is 3.58. The molecule has 0 atom stereocenters. The minimum absolute atomic E-state index is 0.0470. The van der Waals surface area contributed by atoms with E-state index in [4.69, 9.17) is 5.11 Å². The number of aromatic nitrogens is 1. The average Bonchev–Trinajstić information content (AvgIpc) is 2.36. The van der Waals surface area contributed by atoms with Crippen molar-refractivity contribution in [3.63, 3.8) is 0 Å². The highest BCUT2D eigenvalue weighted by molar-refractivity contribution is 5.85. The normalized spacial score (nSPS) is 11.8. The molecular formula is C14H20N2O2. The van der Waals surface area contributed by atoms with Gasteiger partial charge in [0.25, 0.3) is 0 Å². The first-order valence-corrected chi connectivity index (χ1v) is 5.97. The number of hydrogen-bond donors (Lipinski definition) is 1. The van der Waals surface area contributed by atoms with Gasteiger partial charge in [0, 0.05) is 24.9 Å². The molecule has 0 radical (unpaired) electrons. The number of carbonyl (C=O) groups is 1. The van der Waals surface area contributed by atoms with Crippen LogP contribution in [0, 0.1) is 0 Å². The molecule has 0 aliphatic rings. The Morgan fingerprint density at radius 1 is 1.50 bits per heavy atom. The summed E-state index contributed by atoms with van der Waals surface area (Å²) in [4.78, 5) is 16.9. The zero-order valence-corrected chi connectivity index (χ0v) is 11.3. The van der Waals surface area contributed by atoms with Crippen LogP contribution >= 0.6 is 0 Å². The summed E-state index contributed by atoms with van der Waals surface area (Å²) in [6.07, 6.45) is 5.34. The largest absolute Gasteiger partial charge is 0.478 e. The molecular weight excluding hydrogens is 228 g/mol. The van der Waals surface area contributed by atoms with Crippen molar-refractivity contribution in [2.24, 2.45) is 0 Å². The van der Waals surface area contributed by atoms with Crippen LogP contribution in [0.25, 0.3) is 6.08 Å². The number of nitrogens with zero attached hydrogens (tertiary/aromatic N) is 2. The van der Waals surface area contributed by atoms with Crippen LogP contribution in [-0.2, 0) is 4.79 Å². The molecule has 0 aliphatic heterocycles. The molecule has 0 saturated carbocycles. The Balaban J connectivity index is 2.86. The topological polar surface area (TPSA) is 53.4 Å². The van der Waals surface area contributed by atoms with Crippen molar-refractivity contribution in [1.82, 2.24) is 4.98 Å². The van der Waals surface area contributed by atoms with Crippen LogP contribution in [0.4, 0.5) is 5.82 Å². The molecule has 0 aliphatic carbocycles. The van der Waals surface area contributed by atoms with Crippen molar-refractivity contribution in [3.8, 4) is 0 Å². The van der Waals surface area contributed by atoms with Crippen molar-refractivity contribution in [2.75, 3.05) is 11.9 Å². The Labute approximate surface area is 108 Å². The number of rotatable bonds is 5. The van der Waals surface area contributed by atoms with Crippen LogP contribution in [-0.4, -0.2) is 28.6 Å².